The molecular formula is C20H24N4OS2. The third-order valence-corrected chi connectivity index (χ3v) is 6.42. The summed E-state index contributed by atoms with van der Waals surface area (Å²) in [6.45, 7) is 9.19. The lowest BCUT2D eigenvalue weighted by Gasteiger charge is -2.10. The Morgan fingerprint density at radius 2 is 2.00 bits per heavy atom. The molecule has 0 fully saturated rings. The molecule has 3 aromatic rings. The van der Waals surface area contributed by atoms with Crippen molar-refractivity contribution >= 4 is 34.7 Å². The van der Waals surface area contributed by atoms with Gasteiger partial charge >= 0.3 is 0 Å². The topological polar surface area (TPSA) is 59.8 Å². The first kappa shape index (κ1) is 19.6. The number of aromatic nitrogens is 3. The molecule has 5 nitrogen and oxygen atoms in total. The van der Waals surface area contributed by atoms with Crippen LogP contribution in [0.1, 0.15) is 29.3 Å². The van der Waals surface area contributed by atoms with Gasteiger partial charge in [-0.3, -0.25) is 4.79 Å². The first-order valence-corrected chi connectivity index (χ1v) is 10.8. The predicted octanol–water partition coefficient (Wildman–Crippen LogP) is 5.07. The van der Waals surface area contributed by atoms with Crippen molar-refractivity contribution in [2.75, 3.05) is 11.1 Å². The number of carbonyl (C=O) groups excluding carboxylic acids is 1. The maximum absolute atomic E-state index is 12.4. The van der Waals surface area contributed by atoms with Crippen molar-refractivity contribution in [3.05, 3.63) is 45.6 Å². The minimum Gasteiger partial charge on any atom is -0.325 e. The molecule has 142 valence electrons. The van der Waals surface area contributed by atoms with E-state index in [9.17, 15) is 4.79 Å². The molecule has 1 N–H and O–H groups in total. The van der Waals surface area contributed by atoms with E-state index in [2.05, 4.69) is 46.2 Å². The summed E-state index contributed by atoms with van der Waals surface area (Å²) < 4.78 is 2.13. The monoisotopic (exact) mass is 400 g/mol. The van der Waals surface area contributed by atoms with Crippen molar-refractivity contribution in [2.24, 2.45) is 0 Å². The van der Waals surface area contributed by atoms with Gasteiger partial charge < -0.3 is 9.88 Å². The highest BCUT2D eigenvalue weighted by atomic mass is 32.2. The maximum atomic E-state index is 12.4. The molecular weight excluding hydrogens is 376 g/mol. The smallest absolute Gasteiger partial charge is 0.234 e. The minimum atomic E-state index is -0.0375. The van der Waals surface area contributed by atoms with Crippen molar-refractivity contribution in [1.29, 1.82) is 0 Å². The lowest BCUT2D eigenvalue weighted by Crippen LogP contribution is -2.15. The Labute approximate surface area is 168 Å². The highest BCUT2D eigenvalue weighted by molar-refractivity contribution is 7.99. The summed E-state index contributed by atoms with van der Waals surface area (Å²) in [5, 5.41) is 14.7. The number of hydrogen-bond donors (Lipinski definition) is 1. The van der Waals surface area contributed by atoms with Crippen molar-refractivity contribution < 1.29 is 4.79 Å². The van der Waals surface area contributed by atoms with Crippen LogP contribution in [0.25, 0.3) is 11.4 Å². The molecule has 0 atom stereocenters. The fourth-order valence-electron chi connectivity index (χ4n) is 2.78. The zero-order chi connectivity index (χ0) is 19.4. The largest absolute Gasteiger partial charge is 0.325 e. The number of thiophene rings is 1. The van der Waals surface area contributed by atoms with E-state index in [0.717, 1.165) is 40.8 Å². The molecule has 0 radical (unpaired) electrons. The highest BCUT2D eigenvalue weighted by Crippen LogP contribution is 2.31. The van der Waals surface area contributed by atoms with E-state index >= 15 is 0 Å². The second-order valence-corrected chi connectivity index (χ2v) is 8.47. The highest BCUT2D eigenvalue weighted by Gasteiger charge is 2.18. The number of hydrogen-bond acceptors (Lipinski definition) is 5. The van der Waals surface area contributed by atoms with Gasteiger partial charge in [-0.05, 0) is 44.4 Å². The standard InChI is InChI=1S/C20H24N4OS2/c1-5-10-24-19(16-11-26-15(4)14(16)3)22-23-20(24)27-12-18(25)21-17-9-7-6-8-13(17)2/h6-9,11H,5,10,12H2,1-4H3,(H,21,25). The van der Waals surface area contributed by atoms with Gasteiger partial charge in [0.1, 0.15) is 0 Å². The van der Waals surface area contributed by atoms with Crippen molar-refractivity contribution in [3.8, 4) is 11.4 Å². The van der Waals surface area contributed by atoms with Gasteiger partial charge in [-0.25, -0.2) is 0 Å². The Bertz CT molecular complexity index is 945. The normalized spacial score (nSPS) is 11.0. The van der Waals surface area contributed by atoms with E-state index < -0.39 is 0 Å². The van der Waals surface area contributed by atoms with Crippen LogP contribution in [0.5, 0.6) is 0 Å². The third kappa shape index (κ3) is 4.42. The first-order chi connectivity index (χ1) is 13.0. The number of amides is 1. The molecule has 0 aliphatic rings. The molecule has 0 spiro atoms. The van der Waals surface area contributed by atoms with Gasteiger partial charge in [0.05, 0.1) is 5.75 Å². The number of anilines is 1. The molecule has 0 saturated heterocycles. The molecule has 1 aromatic carbocycles. The van der Waals surface area contributed by atoms with Crippen LogP contribution in [-0.2, 0) is 11.3 Å². The molecule has 3 rings (SSSR count). The molecule has 0 bridgehead atoms. The van der Waals surface area contributed by atoms with Crippen molar-refractivity contribution in [1.82, 2.24) is 14.8 Å². The fraction of sp³-hybridized carbons (Fsp3) is 0.350. The average molecular weight is 401 g/mol. The zero-order valence-corrected chi connectivity index (χ0v) is 17.7. The molecule has 2 heterocycles. The summed E-state index contributed by atoms with van der Waals surface area (Å²) in [5.41, 5.74) is 4.28. The predicted molar refractivity (Wildman–Crippen MR) is 114 cm³/mol. The van der Waals surface area contributed by atoms with E-state index in [1.54, 1.807) is 11.3 Å². The molecule has 2 aromatic heterocycles. The van der Waals surface area contributed by atoms with E-state index in [4.69, 9.17) is 0 Å². The third-order valence-electron chi connectivity index (χ3n) is 4.44. The summed E-state index contributed by atoms with van der Waals surface area (Å²) >= 11 is 3.16. The number of carbonyl (C=O) groups is 1. The lowest BCUT2D eigenvalue weighted by atomic mass is 10.1. The Balaban J connectivity index is 1.74. The van der Waals surface area contributed by atoms with Crippen LogP contribution >= 0.6 is 23.1 Å². The molecule has 0 saturated carbocycles. The number of nitrogens with zero attached hydrogens (tertiary/aromatic N) is 3. The summed E-state index contributed by atoms with van der Waals surface area (Å²) in [5.74, 6) is 1.16. The molecule has 27 heavy (non-hydrogen) atoms. The van der Waals surface area contributed by atoms with Gasteiger partial charge in [-0.2, -0.15) is 0 Å². The van der Waals surface area contributed by atoms with E-state index in [1.807, 2.05) is 31.2 Å². The second-order valence-electron chi connectivity index (χ2n) is 6.44. The van der Waals surface area contributed by atoms with Gasteiger partial charge in [-0.15, -0.1) is 21.5 Å². The molecule has 0 aliphatic heterocycles. The van der Waals surface area contributed by atoms with Gasteiger partial charge in [0.15, 0.2) is 11.0 Å². The van der Waals surface area contributed by atoms with Crippen LogP contribution in [0.15, 0.2) is 34.8 Å². The van der Waals surface area contributed by atoms with Gasteiger partial charge in [0, 0.05) is 28.1 Å². The quantitative estimate of drug-likeness (QED) is 0.562. The molecule has 0 aliphatic carbocycles. The summed E-state index contributed by atoms with van der Waals surface area (Å²) in [6.07, 6.45) is 0.982. The molecule has 7 heteroatoms. The van der Waals surface area contributed by atoms with Crippen LogP contribution in [-0.4, -0.2) is 26.4 Å². The SMILES string of the molecule is CCCn1c(SCC(=O)Nc2ccccc2C)nnc1-c1csc(C)c1C. The van der Waals surface area contributed by atoms with Crippen LogP contribution in [0, 0.1) is 20.8 Å². The van der Waals surface area contributed by atoms with Crippen molar-refractivity contribution in [3.63, 3.8) is 0 Å². The Morgan fingerprint density at radius 3 is 2.67 bits per heavy atom. The Hall–Kier alpha value is -2.12. The maximum Gasteiger partial charge on any atom is 0.234 e. The lowest BCUT2D eigenvalue weighted by molar-refractivity contribution is -0.113. The number of rotatable bonds is 7. The van der Waals surface area contributed by atoms with Crippen LogP contribution in [0.4, 0.5) is 5.69 Å². The van der Waals surface area contributed by atoms with E-state index in [0.29, 0.717) is 5.75 Å². The Morgan fingerprint density at radius 1 is 1.22 bits per heavy atom. The van der Waals surface area contributed by atoms with Crippen LogP contribution < -0.4 is 5.32 Å². The molecule has 0 unspecified atom stereocenters. The summed E-state index contributed by atoms with van der Waals surface area (Å²) in [6, 6.07) is 7.78. The number of benzene rings is 1. The average Bonchev–Trinajstić information content (AvgIpc) is 3.19. The first-order valence-electron chi connectivity index (χ1n) is 8.97. The summed E-state index contributed by atoms with van der Waals surface area (Å²) in [4.78, 5) is 13.6. The Kier molecular flexibility index (Phi) is 6.34. The van der Waals surface area contributed by atoms with Crippen molar-refractivity contribution in [2.45, 2.75) is 45.8 Å². The number of nitrogens with one attached hydrogen (secondary N) is 1. The van der Waals surface area contributed by atoms with Gasteiger partial charge in [0.2, 0.25) is 5.91 Å². The van der Waals surface area contributed by atoms with Crippen LogP contribution in [0.3, 0.4) is 0 Å². The van der Waals surface area contributed by atoms with E-state index in [1.165, 1.54) is 22.2 Å². The number of para-hydroxylation sites is 1. The number of aryl methyl sites for hydroxylation is 2. The minimum absolute atomic E-state index is 0.0375. The van der Waals surface area contributed by atoms with Gasteiger partial charge in [0.25, 0.3) is 0 Å². The summed E-state index contributed by atoms with van der Waals surface area (Å²) in [7, 11) is 0. The van der Waals surface area contributed by atoms with Gasteiger partial charge in [-0.1, -0.05) is 36.9 Å². The fourth-order valence-corrected chi connectivity index (χ4v) is 4.41. The van der Waals surface area contributed by atoms with Crippen LogP contribution in [0.2, 0.25) is 0 Å². The zero-order valence-electron chi connectivity index (χ0n) is 16.1. The van der Waals surface area contributed by atoms with E-state index in [-0.39, 0.29) is 5.91 Å². The number of thioether (sulfide) groups is 1. The molecule has 1 amide bonds. The second kappa shape index (κ2) is 8.71.